The summed E-state index contributed by atoms with van der Waals surface area (Å²) in [7, 11) is 0. The largest absolute Gasteiger partial charge is 0.354 e. The molecule has 0 spiro atoms. The molecule has 0 aliphatic carbocycles. The molecule has 1 aromatic carbocycles. The average Bonchev–Trinajstić information content (AvgIpc) is 2.42. The van der Waals surface area contributed by atoms with Crippen molar-refractivity contribution >= 4 is 17.5 Å². The molecule has 0 fully saturated rings. The van der Waals surface area contributed by atoms with Crippen LogP contribution in [0.15, 0.2) is 18.2 Å². The van der Waals surface area contributed by atoms with E-state index >= 15 is 0 Å². The molecule has 1 rings (SSSR count). The number of hydrogen-bond acceptors (Lipinski definition) is 2. The predicted molar refractivity (Wildman–Crippen MR) is 84.9 cm³/mol. The van der Waals surface area contributed by atoms with E-state index in [4.69, 9.17) is 17.3 Å². The minimum Gasteiger partial charge on any atom is -0.354 e. The first kappa shape index (κ1) is 17.9. The smallest absolute Gasteiger partial charge is 0.237 e. The van der Waals surface area contributed by atoms with Crippen LogP contribution in [0.3, 0.4) is 0 Å². The van der Waals surface area contributed by atoms with Crippen LogP contribution in [-0.4, -0.2) is 18.5 Å². The third kappa shape index (κ3) is 4.68. The standard InChI is InChI=1S/C16H24ClFN2O/c1-5-10(2)14(19)15(21)20-9-16(3,4)12-7-6-11(18)8-13(12)17/h6-8,10,14H,5,9,19H2,1-4H3,(H,20,21). The molecule has 0 radical (unpaired) electrons. The number of halogens is 2. The van der Waals surface area contributed by atoms with Gasteiger partial charge in [-0.2, -0.15) is 0 Å². The molecule has 5 heteroatoms. The summed E-state index contributed by atoms with van der Waals surface area (Å²) < 4.78 is 13.1. The first-order chi connectivity index (χ1) is 9.69. The molecule has 0 aliphatic heterocycles. The molecule has 1 amide bonds. The number of hydrogen-bond donors (Lipinski definition) is 2. The van der Waals surface area contributed by atoms with Crippen LogP contribution in [0, 0.1) is 11.7 Å². The second-order valence-electron chi connectivity index (χ2n) is 6.14. The maximum absolute atomic E-state index is 13.1. The molecule has 1 aromatic rings. The highest BCUT2D eigenvalue weighted by Gasteiger charge is 2.26. The Hall–Kier alpha value is -1.13. The zero-order valence-electron chi connectivity index (χ0n) is 13.0. The summed E-state index contributed by atoms with van der Waals surface area (Å²) in [5, 5.41) is 3.22. The lowest BCUT2D eigenvalue weighted by Crippen LogP contribution is -2.48. The van der Waals surface area contributed by atoms with Crippen LogP contribution in [0.4, 0.5) is 4.39 Å². The van der Waals surface area contributed by atoms with E-state index in [1.807, 2.05) is 27.7 Å². The Bertz CT molecular complexity index is 505. The molecule has 0 bridgehead atoms. The van der Waals surface area contributed by atoms with E-state index in [0.717, 1.165) is 12.0 Å². The quantitative estimate of drug-likeness (QED) is 0.847. The second-order valence-corrected chi connectivity index (χ2v) is 6.54. The number of carbonyl (C=O) groups is 1. The van der Waals surface area contributed by atoms with Crippen molar-refractivity contribution in [1.29, 1.82) is 0 Å². The Kier molecular flexibility index (Phi) is 6.17. The zero-order chi connectivity index (χ0) is 16.2. The highest BCUT2D eigenvalue weighted by atomic mass is 35.5. The summed E-state index contributed by atoms with van der Waals surface area (Å²) in [6.07, 6.45) is 0.849. The highest BCUT2D eigenvalue weighted by Crippen LogP contribution is 2.29. The summed E-state index contributed by atoms with van der Waals surface area (Å²) in [4.78, 5) is 12.0. The number of nitrogens with one attached hydrogen (secondary N) is 1. The van der Waals surface area contributed by atoms with Gasteiger partial charge in [-0.15, -0.1) is 0 Å². The maximum atomic E-state index is 13.1. The van der Waals surface area contributed by atoms with E-state index < -0.39 is 11.5 Å². The van der Waals surface area contributed by atoms with Crippen LogP contribution in [0.2, 0.25) is 5.02 Å². The van der Waals surface area contributed by atoms with Crippen molar-refractivity contribution in [2.24, 2.45) is 11.7 Å². The van der Waals surface area contributed by atoms with E-state index in [1.165, 1.54) is 12.1 Å². The molecule has 0 saturated carbocycles. The van der Waals surface area contributed by atoms with Gasteiger partial charge in [0, 0.05) is 17.0 Å². The molecular formula is C16H24ClFN2O. The Morgan fingerprint density at radius 1 is 1.48 bits per heavy atom. The summed E-state index contributed by atoms with van der Waals surface area (Å²) in [5.41, 5.74) is 6.29. The molecule has 21 heavy (non-hydrogen) atoms. The van der Waals surface area contributed by atoms with Crippen molar-refractivity contribution in [3.05, 3.63) is 34.6 Å². The zero-order valence-corrected chi connectivity index (χ0v) is 13.8. The molecular weight excluding hydrogens is 291 g/mol. The number of nitrogens with two attached hydrogens (primary N) is 1. The van der Waals surface area contributed by atoms with E-state index in [9.17, 15) is 9.18 Å². The molecule has 0 saturated heterocycles. The van der Waals surface area contributed by atoms with Crippen LogP contribution in [0.25, 0.3) is 0 Å². The molecule has 0 aliphatic rings. The number of benzene rings is 1. The van der Waals surface area contributed by atoms with E-state index in [-0.39, 0.29) is 17.6 Å². The lowest BCUT2D eigenvalue weighted by molar-refractivity contribution is -0.123. The van der Waals surface area contributed by atoms with Crippen molar-refractivity contribution in [3.63, 3.8) is 0 Å². The van der Waals surface area contributed by atoms with Gasteiger partial charge in [-0.3, -0.25) is 4.79 Å². The summed E-state index contributed by atoms with van der Waals surface area (Å²) in [5.74, 6) is -0.416. The fourth-order valence-corrected chi connectivity index (χ4v) is 2.49. The van der Waals surface area contributed by atoms with Gasteiger partial charge in [0.25, 0.3) is 0 Å². The summed E-state index contributed by atoms with van der Waals surface area (Å²) >= 11 is 6.09. The van der Waals surface area contributed by atoms with Gasteiger partial charge in [0.1, 0.15) is 5.82 Å². The predicted octanol–water partition coefficient (Wildman–Crippen LogP) is 3.25. The van der Waals surface area contributed by atoms with Gasteiger partial charge in [-0.1, -0.05) is 51.8 Å². The van der Waals surface area contributed by atoms with Crippen LogP contribution >= 0.6 is 11.6 Å². The Labute approximate surface area is 131 Å². The van der Waals surface area contributed by atoms with Gasteiger partial charge in [-0.05, 0) is 23.6 Å². The fraction of sp³-hybridized carbons (Fsp3) is 0.562. The molecule has 0 heterocycles. The van der Waals surface area contributed by atoms with Gasteiger partial charge in [0.15, 0.2) is 0 Å². The first-order valence-corrected chi connectivity index (χ1v) is 7.55. The van der Waals surface area contributed by atoms with E-state index in [0.29, 0.717) is 11.6 Å². The fourth-order valence-electron chi connectivity index (χ4n) is 2.07. The first-order valence-electron chi connectivity index (χ1n) is 7.18. The highest BCUT2D eigenvalue weighted by molar-refractivity contribution is 6.31. The van der Waals surface area contributed by atoms with Crippen molar-refractivity contribution in [2.45, 2.75) is 45.6 Å². The van der Waals surface area contributed by atoms with Crippen LogP contribution < -0.4 is 11.1 Å². The monoisotopic (exact) mass is 314 g/mol. The van der Waals surface area contributed by atoms with E-state index in [2.05, 4.69) is 5.32 Å². The normalized spacial score (nSPS) is 14.6. The molecule has 118 valence electrons. The summed E-state index contributed by atoms with van der Waals surface area (Å²) in [6.45, 7) is 8.23. The van der Waals surface area contributed by atoms with Crippen molar-refractivity contribution in [3.8, 4) is 0 Å². The third-order valence-corrected chi connectivity index (χ3v) is 4.24. The van der Waals surface area contributed by atoms with Crippen molar-refractivity contribution < 1.29 is 9.18 Å². The number of rotatable bonds is 6. The lowest BCUT2D eigenvalue weighted by Gasteiger charge is -2.28. The number of carbonyl (C=O) groups excluding carboxylic acids is 1. The molecule has 2 unspecified atom stereocenters. The topological polar surface area (TPSA) is 55.1 Å². The second kappa shape index (κ2) is 7.23. The molecule has 3 nitrogen and oxygen atoms in total. The van der Waals surface area contributed by atoms with E-state index in [1.54, 1.807) is 6.07 Å². The van der Waals surface area contributed by atoms with Gasteiger partial charge in [0.2, 0.25) is 5.91 Å². The molecule has 3 N–H and O–H groups in total. The van der Waals surface area contributed by atoms with Crippen LogP contribution in [0.1, 0.15) is 39.7 Å². The Morgan fingerprint density at radius 2 is 2.10 bits per heavy atom. The van der Waals surface area contributed by atoms with Gasteiger partial charge in [-0.25, -0.2) is 4.39 Å². The Morgan fingerprint density at radius 3 is 2.62 bits per heavy atom. The Balaban J connectivity index is 2.75. The SMILES string of the molecule is CCC(C)C(N)C(=O)NCC(C)(C)c1ccc(F)cc1Cl. The van der Waals surface area contributed by atoms with Crippen LogP contribution in [0.5, 0.6) is 0 Å². The van der Waals surface area contributed by atoms with Crippen molar-refractivity contribution in [2.75, 3.05) is 6.54 Å². The van der Waals surface area contributed by atoms with Gasteiger partial charge < -0.3 is 11.1 Å². The average molecular weight is 315 g/mol. The maximum Gasteiger partial charge on any atom is 0.237 e. The van der Waals surface area contributed by atoms with Crippen LogP contribution in [-0.2, 0) is 10.2 Å². The van der Waals surface area contributed by atoms with Gasteiger partial charge >= 0.3 is 0 Å². The number of amides is 1. The lowest BCUT2D eigenvalue weighted by atomic mass is 9.84. The third-order valence-electron chi connectivity index (χ3n) is 3.92. The van der Waals surface area contributed by atoms with Gasteiger partial charge in [0.05, 0.1) is 6.04 Å². The summed E-state index contributed by atoms with van der Waals surface area (Å²) in [6, 6.07) is 3.79. The minimum absolute atomic E-state index is 0.127. The molecule has 2 atom stereocenters. The minimum atomic E-state index is -0.519. The molecule has 0 aromatic heterocycles. The van der Waals surface area contributed by atoms with Crippen molar-refractivity contribution in [1.82, 2.24) is 5.32 Å².